The topological polar surface area (TPSA) is 44.1 Å². The van der Waals surface area contributed by atoms with Gasteiger partial charge in [0.2, 0.25) is 5.91 Å². The van der Waals surface area contributed by atoms with Crippen LogP contribution in [0.2, 0.25) is 0 Å². The second kappa shape index (κ2) is 3.20. The zero-order valence-electron chi connectivity index (χ0n) is 6.50. The van der Waals surface area contributed by atoms with Gasteiger partial charge in [0.05, 0.1) is 6.07 Å². The maximum atomic E-state index is 11.2. The summed E-state index contributed by atoms with van der Waals surface area (Å²) in [5.74, 6) is -0.00204. The molecule has 0 N–H and O–H groups in total. The summed E-state index contributed by atoms with van der Waals surface area (Å²) in [6.07, 6.45) is 3.78. The van der Waals surface area contributed by atoms with Crippen molar-refractivity contribution in [2.75, 3.05) is 13.6 Å². The third-order valence-corrected chi connectivity index (χ3v) is 1.73. The highest BCUT2D eigenvalue weighted by Gasteiger charge is 2.17. The van der Waals surface area contributed by atoms with Gasteiger partial charge in [-0.05, 0) is 12.8 Å². The lowest BCUT2D eigenvalue weighted by Crippen LogP contribution is -2.29. The minimum absolute atomic E-state index is 0.00204. The first-order valence-electron chi connectivity index (χ1n) is 3.57. The van der Waals surface area contributed by atoms with E-state index in [1.807, 2.05) is 12.1 Å². The highest BCUT2D eigenvalue weighted by molar-refractivity contribution is 5.94. The first-order chi connectivity index (χ1) is 5.25. The molecule has 0 fully saturated rings. The zero-order valence-corrected chi connectivity index (χ0v) is 6.50. The molecule has 0 aromatic rings. The van der Waals surface area contributed by atoms with E-state index in [2.05, 4.69) is 0 Å². The molecule has 0 saturated carbocycles. The lowest BCUT2D eigenvalue weighted by atomic mass is 9.98. The number of nitriles is 1. The zero-order chi connectivity index (χ0) is 8.27. The van der Waals surface area contributed by atoms with Crippen LogP contribution in [0.15, 0.2) is 11.6 Å². The Morgan fingerprint density at radius 3 is 2.91 bits per heavy atom. The van der Waals surface area contributed by atoms with Crippen LogP contribution in [0.5, 0.6) is 0 Å². The molecule has 0 aliphatic heterocycles. The van der Waals surface area contributed by atoms with Gasteiger partial charge in [-0.1, -0.05) is 6.08 Å². The number of hydrogen-bond acceptors (Lipinski definition) is 2. The molecule has 0 aromatic carbocycles. The van der Waals surface area contributed by atoms with Gasteiger partial charge in [-0.3, -0.25) is 4.79 Å². The van der Waals surface area contributed by atoms with Gasteiger partial charge >= 0.3 is 0 Å². The van der Waals surface area contributed by atoms with E-state index < -0.39 is 0 Å². The van der Waals surface area contributed by atoms with Crippen molar-refractivity contribution in [3.63, 3.8) is 0 Å². The summed E-state index contributed by atoms with van der Waals surface area (Å²) in [5, 5.41) is 8.29. The van der Waals surface area contributed by atoms with Crippen molar-refractivity contribution in [3.8, 4) is 6.07 Å². The van der Waals surface area contributed by atoms with Crippen molar-refractivity contribution < 1.29 is 4.79 Å². The van der Waals surface area contributed by atoms with Crippen LogP contribution in [0.4, 0.5) is 0 Å². The van der Waals surface area contributed by atoms with Gasteiger partial charge in [0.1, 0.15) is 6.54 Å². The lowest BCUT2D eigenvalue weighted by molar-refractivity contribution is -0.125. The molecule has 0 aromatic heterocycles. The first kappa shape index (κ1) is 7.80. The van der Waals surface area contributed by atoms with E-state index in [1.165, 1.54) is 4.90 Å². The molecular formula is C8H10N2O. The summed E-state index contributed by atoms with van der Waals surface area (Å²) >= 11 is 0. The minimum Gasteiger partial charge on any atom is -0.329 e. The van der Waals surface area contributed by atoms with E-state index in [-0.39, 0.29) is 12.5 Å². The number of amides is 1. The monoisotopic (exact) mass is 150 g/mol. The summed E-state index contributed by atoms with van der Waals surface area (Å²) in [4.78, 5) is 12.7. The molecule has 1 amide bonds. The smallest absolute Gasteiger partial charge is 0.250 e. The number of rotatable bonds is 2. The number of allylic oxidation sites excluding steroid dienone is 1. The SMILES string of the molecule is CN(CC#N)C(=O)C1=CCC1. The molecule has 0 heterocycles. The van der Waals surface area contributed by atoms with E-state index in [1.54, 1.807) is 7.05 Å². The molecule has 0 saturated heterocycles. The van der Waals surface area contributed by atoms with Crippen molar-refractivity contribution in [1.82, 2.24) is 4.90 Å². The average Bonchev–Trinajstić information content (AvgIpc) is 1.84. The molecule has 3 nitrogen and oxygen atoms in total. The Morgan fingerprint density at radius 1 is 1.91 bits per heavy atom. The molecule has 1 aliphatic carbocycles. The molecule has 0 bridgehead atoms. The molecular weight excluding hydrogens is 140 g/mol. The average molecular weight is 150 g/mol. The number of nitrogens with zero attached hydrogens (tertiary/aromatic N) is 2. The standard InChI is InChI=1S/C8H10N2O/c1-10(6-5-9)8(11)7-3-2-4-7/h3H,2,4,6H2,1H3. The maximum absolute atomic E-state index is 11.2. The molecule has 58 valence electrons. The Hall–Kier alpha value is -1.30. The minimum atomic E-state index is -0.00204. The van der Waals surface area contributed by atoms with Gasteiger partial charge in [-0.25, -0.2) is 0 Å². The molecule has 0 atom stereocenters. The highest BCUT2D eigenvalue weighted by atomic mass is 16.2. The predicted octanol–water partition coefficient (Wildman–Crippen LogP) is 0.689. The third-order valence-electron chi connectivity index (χ3n) is 1.73. The van der Waals surface area contributed by atoms with Gasteiger partial charge in [0, 0.05) is 12.6 Å². The second-order valence-electron chi connectivity index (χ2n) is 2.59. The second-order valence-corrected chi connectivity index (χ2v) is 2.59. The summed E-state index contributed by atoms with van der Waals surface area (Å²) in [7, 11) is 1.64. The fraction of sp³-hybridized carbons (Fsp3) is 0.500. The van der Waals surface area contributed by atoms with Crippen molar-refractivity contribution in [3.05, 3.63) is 11.6 Å². The van der Waals surface area contributed by atoms with Crippen LogP contribution in [0, 0.1) is 11.3 Å². The number of hydrogen-bond donors (Lipinski definition) is 0. The molecule has 3 heteroatoms. The van der Waals surface area contributed by atoms with Crippen LogP contribution in [0.25, 0.3) is 0 Å². The molecule has 0 unspecified atom stereocenters. The Morgan fingerprint density at radius 2 is 2.55 bits per heavy atom. The Kier molecular flexibility index (Phi) is 2.27. The van der Waals surface area contributed by atoms with E-state index in [4.69, 9.17) is 5.26 Å². The van der Waals surface area contributed by atoms with Crippen LogP contribution >= 0.6 is 0 Å². The lowest BCUT2D eigenvalue weighted by Gasteiger charge is -2.19. The first-order valence-corrected chi connectivity index (χ1v) is 3.57. The quantitative estimate of drug-likeness (QED) is 0.543. The van der Waals surface area contributed by atoms with Crippen LogP contribution in [0.3, 0.4) is 0 Å². The van der Waals surface area contributed by atoms with Crippen molar-refractivity contribution in [2.45, 2.75) is 12.8 Å². The van der Waals surface area contributed by atoms with E-state index in [9.17, 15) is 4.79 Å². The molecule has 11 heavy (non-hydrogen) atoms. The van der Waals surface area contributed by atoms with E-state index >= 15 is 0 Å². The highest BCUT2D eigenvalue weighted by Crippen LogP contribution is 2.19. The van der Waals surface area contributed by atoms with Gasteiger partial charge < -0.3 is 4.90 Å². The van der Waals surface area contributed by atoms with Gasteiger partial charge in [0.25, 0.3) is 0 Å². The third kappa shape index (κ3) is 1.58. The summed E-state index contributed by atoms with van der Waals surface area (Å²) in [5.41, 5.74) is 0.850. The Balaban J connectivity index is 2.48. The van der Waals surface area contributed by atoms with Crippen molar-refractivity contribution >= 4 is 5.91 Å². The Bertz CT molecular complexity index is 237. The number of carbonyl (C=O) groups is 1. The summed E-state index contributed by atoms with van der Waals surface area (Å²) in [6.45, 7) is 0.177. The number of carbonyl (C=O) groups excluding carboxylic acids is 1. The van der Waals surface area contributed by atoms with Crippen LogP contribution in [0.1, 0.15) is 12.8 Å². The van der Waals surface area contributed by atoms with Gasteiger partial charge in [-0.15, -0.1) is 0 Å². The van der Waals surface area contributed by atoms with Crippen LogP contribution in [-0.2, 0) is 4.79 Å². The van der Waals surface area contributed by atoms with Crippen LogP contribution < -0.4 is 0 Å². The molecule has 1 aliphatic rings. The van der Waals surface area contributed by atoms with E-state index in [0.29, 0.717) is 0 Å². The normalized spacial score (nSPS) is 14.4. The van der Waals surface area contributed by atoms with Gasteiger partial charge in [-0.2, -0.15) is 5.26 Å². The molecule has 1 rings (SSSR count). The summed E-state index contributed by atoms with van der Waals surface area (Å²) < 4.78 is 0. The maximum Gasteiger partial charge on any atom is 0.250 e. The Labute approximate surface area is 65.9 Å². The van der Waals surface area contributed by atoms with Gasteiger partial charge in [0.15, 0.2) is 0 Å². The van der Waals surface area contributed by atoms with Crippen molar-refractivity contribution in [1.29, 1.82) is 5.26 Å². The van der Waals surface area contributed by atoms with E-state index in [0.717, 1.165) is 18.4 Å². The summed E-state index contributed by atoms with van der Waals surface area (Å²) in [6, 6.07) is 1.93. The predicted molar refractivity (Wildman–Crippen MR) is 40.6 cm³/mol. The largest absolute Gasteiger partial charge is 0.329 e. The number of likely N-dealkylation sites (N-methyl/N-ethyl adjacent to an activating group) is 1. The fourth-order valence-electron chi connectivity index (χ4n) is 0.906. The fourth-order valence-corrected chi connectivity index (χ4v) is 0.906. The van der Waals surface area contributed by atoms with Crippen LogP contribution in [-0.4, -0.2) is 24.4 Å². The van der Waals surface area contributed by atoms with Crippen molar-refractivity contribution in [2.24, 2.45) is 0 Å². The molecule has 0 radical (unpaired) electrons. The molecule has 0 spiro atoms.